The van der Waals surface area contributed by atoms with Crippen LogP contribution in [-0.2, 0) is 34.2 Å². The fourth-order valence-corrected chi connectivity index (χ4v) is 5.14. The zero-order valence-electron chi connectivity index (χ0n) is 17.3. The molecular weight excluding hydrogens is 454 g/mol. The first-order valence-corrected chi connectivity index (χ1v) is 12.3. The number of ether oxygens (including phenoxy) is 1. The van der Waals surface area contributed by atoms with Crippen LogP contribution in [0.3, 0.4) is 0 Å². The fourth-order valence-electron chi connectivity index (χ4n) is 2.47. The second kappa shape index (κ2) is 8.70. The lowest BCUT2D eigenvalue weighted by atomic mass is 10.2. The molecule has 0 aromatic heterocycles. The Labute approximate surface area is 180 Å². The van der Waals surface area contributed by atoms with Crippen LogP contribution in [0.25, 0.3) is 0 Å². The van der Waals surface area contributed by atoms with Crippen LogP contribution in [0.4, 0.5) is 9.59 Å². The zero-order chi connectivity index (χ0) is 23.6. The van der Waals surface area contributed by atoms with Gasteiger partial charge in [0, 0.05) is 19.3 Å². The molecule has 0 unspecified atom stereocenters. The van der Waals surface area contributed by atoms with E-state index in [-0.39, 0.29) is 17.6 Å². The quantitative estimate of drug-likeness (QED) is 0.612. The van der Waals surface area contributed by atoms with E-state index in [4.69, 9.17) is 9.57 Å². The van der Waals surface area contributed by atoms with Crippen LogP contribution < -0.4 is 5.32 Å². The molecule has 1 aromatic carbocycles. The van der Waals surface area contributed by atoms with Crippen LogP contribution in [0, 0.1) is 0 Å². The Morgan fingerprint density at radius 2 is 1.68 bits per heavy atom. The summed E-state index contributed by atoms with van der Waals surface area (Å²) in [6.07, 6.45) is -2.08. The molecule has 12 nitrogen and oxygen atoms in total. The predicted molar refractivity (Wildman–Crippen MR) is 106 cm³/mol. The van der Waals surface area contributed by atoms with Crippen molar-refractivity contribution in [1.29, 1.82) is 0 Å². The van der Waals surface area contributed by atoms with Gasteiger partial charge in [-0.3, -0.25) is 14.5 Å². The maximum Gasteiger partial charge on any atom is 0.459 e. The average molecular weight is 478 g/mol. The van der Waals surface area contributed by atoms with Gasteiger partial charge in [0.05, 0.1) is 4.90 Å². The van der Waals surface area contributed by atoms with Crippen molar-refractivity contribution in [2.45, 2.75) is 36.2 Å². The van der Waals surface area contributed by atoms with Gasteiger partial charge in [-0.25, -0.2) is 18.0 Å². The van der Waals surface area contributed by atoms with Gasteiger partial charge in [-0.15, -0.1) is 0 Å². The molecule has 2 rings (SSSR count). The molecule has 1 aliphatic rings. The van der Waals surface area contributed by atoms with E-state index < -0.39 is 59.9 Å². The van der Waals surface area contributed by atoms with Gasteiger partial charge >= 0.3 is 22.2 Å². The summed E-state index contributed by atoms with van der Waals surface area (Å²) in [5.41, 5.74) is -1.17. The van der Waals surface area contributed by atoms with E-state index in [0.717, 1.165) is 23.3 Å². The first kappa shape index (κ1) is 24.4. The highest BCUT2D eigenvalue weighted by atomic mass is 32.2. The molecular formula is C17H23N3O9S2. The molecule has 3 amide bonds. The number of hydrogen-bond acceptors (Lipinski definition) is 9. The van der Waals surface area contributed by atoms with Crippen molar-refractivity contribution in [1.82, 2.24) is 14.7 Å². The molecule has 0 aliphatic carbocycles. The van der Waals surface area contributed by atoms with E-state index >= 15 is 0 Å². The predicted octanol–water partition coefficient (Wildman–Crippen LogP) is 0.499. The summed E-state index contributed by atoms with van der Waals surface area (Å²) in [6, 6.07) is 4.52. The number of sulfone groups is 1. The molecule has 31 heavy (non-hydrogen) atoms. The smallest absolute Gasteiger partial charge is 0.441 e. The second-order valence-electron chi connectivity index (χ2n) is 7.56. The van der Waals surface area contributed by atoms with Gasteiger partial charge < -0.3 is 10.1 Å². The van der Waals surface area contributed by atoms with E-state index in [1.54, 1.807) is 0 Å². The van der Waals surface area contributed by atoms with E-state index in [2.05, 4.69) is 5.32 Å². The van der Waals surface area contributed by atoms with Gasteiger partial charge in [0.15, 0.2) is 9.84 Å². The highest BCUT2D eigenvalue weighted by molar-refractivity contribution is 7.93. The topological polar surface area (TPSA) is 156 Å². The molecule has 0 spiro atoms. The first-order valence-electron chi connectivity index (χ1n) is 8.94. The van der Waals surface area contributed by atoms with Crippen LogP contribution in [0.1, 0.15) is 20.8 Å². The SMILES string of the molecule is CC(C)(C)OC(=O)N(OC(=O)N1CCNC(=O)C1)S(=O)(=O)c1ccccc1S(C)(=O)=O. The molecule has 1 N–H and O–H groups in total. The summed E-state index contributed by atoms with van der Waals surface area (Å²) < 4.78 is 55.2. The Kier molecular flexibility index (Phi) is 6.85. The third-order valence-corrected chi connectivity index (χ3v) is 6.60. The van der Waals surface area contributed by atoms with Crippen LogP contribution in [0.15, 0.2) is 34.1 Å². The summed E-state index contributed by atoms with van der Waals surface area (Å²) in [6.45, 7) is 4.06. The van der Waals surface area contributed by atoms with Gasteiger partial charge in [0.2, 0.25) is 5.91 Å². The minimum atomic E-state index is -5.02. The number of amides is 3. The molecule has 1 aliphatic heterocycles. The van der Waals surface area contributed by atoms with E-state index in [1.165, 1.54) is 32.9 Å². The lowest BCUT2D eigenvalue weighted by Crippen LogP contribution is -2.52. The Balaban J connectivity index is 2.51. The molecule has 0 radical (unpaired) electrons. The Hall–Kier alpha value is -2.87. The van der Waals surface area contributed by atoms with Crippen molar-refractivity contribution in [3.63, 3.8) is 0 Å². The number of rotatable bonds is 3. The van der Waals surface area contributed by atoms with Gasteiger partial charge in [-0.1, -0.05) is 12.1 Å². The number of sulfonamides is 1. The highest BCUT2D eigenvalue weighted by Crippen LogP contribution is 2.26. The van der Waals surface area contributed by atoms with Gasteiger partial charge in [0.1, 0.15) is 17.0 Å². The lowest BCUT2D eigenvalue weighted by molar-refractivity contribution is -0.124. The Morgan fingerprint density at radius 1 is 1.10 bits per heavy atom. The van der Waals surface area contributed by atoms with Crippen LogP contribution in [-0.4, -0.2) is 75.8 Å². The van der Waals surface area contributed by atoms with Crippen LogP contribution in [0.5, 0.6) is 0 Å². The summed E-state index contributed by atoms with van der Waals surface area (Å²) in [4.78, 5) is 40.9. The Bertz CT molecular complexity index is 1090. The molecule has 0 bridgehead atoms. The molecule has 0 atom stereocenters. The number of hydroxylamine groups is 1. The van der Waals surface area contributed by atoms with E-state index in [1.807, 2.05) is 0 Å². The third kappa shape index (κ3) is 6.07. The molecule has 1 saturated heterocycles. The Morgan fingerprint density at radius 3 is 2.19 bits per heavy atom. The minimum absolute atomic E-state index is 0.00665. The fraction of sp³-hybridized carbons (Fsp3) is 0.471. The molecule has 14 heteroatoms. The van der Waals surface area contributed by atoms with Gasteiger partial charge in [-0.05, 0) is 37.4 Å². The monoisotopic (exact) mass is 477 g/mol. The maximum absolute atomic E-state index is 13.2. The van der Waals surface area contributed by atoms with Crippen molar-refractivity contribution in [3.8, 4) is 0 Å². The number of nitrogens with one attached hydrogen (secondary N) is 1. The van der Waals surface area contributed by atoms with Crippen molar-refractivity contribution in [2.75, 3.05) is 25.9 Å². The van der Waals surface area contributed by atoms with Gasteiger partial charge in [0.25, 0.3) is 0 Å². The second-order valence-corrected chi connectivity index (χ2v) is 11.3. The van der Waals surface area contributed by atoms with Crippen molar-refractivity contribution in [3.05, 3.63) is 24.3 Å². The van der Waals surface area contributed by atoms with Crippen molar-refractivity contribution >= 4 is 38.0 Å². The molecule has 0 saturated carbocycles. The first-order chi connectivity index (χ1) is 14.1. The number of benzene rings is 1. The summed E-state index contributed by atoms with van der Waals surface area (Å²) in [5, 5.41) is 2.48. The highest BCUT2D eigenvalue weighted by Gasteiger charge is 2.41. The number of nitrogens with zero attached hydrogens (tertiary/aromatic N) is 2. The van der Waals surface area contributed by atoms with E-state index in [9.17, 15) is 31.2 Å². The largest absolute Gasteiger partial charge is 0.459 e. The average Bonchev–Trinajstić information content (AvgIpc) is 2.63. The number of carbonyl (C=O) groups is 3. The van der Waals surface area contributed by atoms with Gasteiger partial charge in [-0.2, -0.15) is 8.42 Å². The summed E-state index contributed by atoms with van der Waals surface area (Å²) in [5.74, 6) is -0.503. The number of hydrogen-bond donors (Lipinski definition) is 1. The number of piperazine rings is 1. The van der Waals surface area contributed by atoms with E-state index in [0.29, 0.717) is 0 Å². The molecule has 172 valence electrons. The van der Waals surface area contributed by atoms with Crippen molar-refractivity contribution in [2.24, 2.45) is 0 Å². The minimum Gasteiger partial charge on any atom is -0.441 e. The summed E-state index contributed by atoms with van der Waals surface area (Å²) >= 11 is 0. The third-order valence-electron chi connectivity index (χ3n) is 3.74. The van der Waals surface area contributed by atoms with Crippen LogP contribution >= 0.6 is 0 Å². The normalized spacial score (nSPS) is 15.1. The van der Waals surface area contributed by atoms with Crippen molar-refractivity contribution < 1.29 is 40.8 Å². The molecule has 1 aromatic rings. The maximum atomic E-state index is 13.2. The van der Waals surface area contributed by atoms with Crippen LogP contribution in [0.2, 0.25) is 0 Å². The zero-order valence-corrected chi connectivity index (χ0v) is 18.9. The molecule has 1 fully saturated rings. The molecule has 1 heterocycles. The standard InChI is InChI=1S/C17H23N3O9S2/c1-17(2,3)28-16(23)20(29-15(22)19-10-9-18-14(21)11-19)31(26,27)13-8-6-5-7-12(13)30(4,24)25/h5-8H,9-11H2,1-4H3,(H,18,21). The number of carbonyl (C=O) groups excluding carboxylic acids is 3. The lowest BCUT2D eigenvalue weighted by Gasteiger charge is -2.29. The summed E-state index contributed by atoms with van der Waals surface area (Å²) in [7, 11) is -9.05.